The monoisotopic (exact) mass is 384 g/mol. The number of carbonyl (C=O) groups excluding carboxylic acids is 2. The van der Waals surface area contributed by atoms with E-state index >= 15 is 0 Å². The van der Waals surface area contributed by atoms with Crippen LogP contribution in [0.4, 0.5) is 10.5 Å². The van der Waals surface area contributed by atoms with Gasteiger partial charge in [-0.2, -0.15) is 0 Å². The maximum absolute atomic E-state index is 12.3. The summed E-state index contributed by atoms with van der Waals surface area (Å²) >= 11 is 0. The number of urea groups is 1. The number of benzene rings is 1. The number of rotatable bonds is 5. The Morgan fingerprint density at radius 1 is 1.25 bits per heavy atom. The van der Waals surface area contributed by atoms with Crippen molar-refractivity contribution in [1.29, 1.82) is 0 Å². The van der Waals surface area contributed by atoms with E-state index in [9.17, 15) is 19.7 Å². The van der Waals surface area contributed by atoms with Crippen molar-refractivity contribution in [2.75, 3.05) is 13.7 Å². The number of imide groups is 1. The minimum atomic E-state index is -0.481. The van der Waals surface area contributed by atoms with Crippen LogP contribution in [0.15, 0.2) is 30.0 Å². The van der Waals surface area contributed by atoms with Crippen molar-refractivity contribution in [1.82, 2.24) is 14.8 Å². The van der Waals surface area contributed by atoms with Gasteiger partial charge in [0.1, 0.15) is 11.4 Å². The third-order valence-electron chi connectivity index (χ3n) is 4.66. The molecule has 0 unspecified atom stereocenters. The van der Waals surface area contributed by atoms with Gasteiger partial charge in [0.15, 0.2) is 0 Å². The summed E-state index contributed by atoms with van der Waals surface area (Å²) in [6.45, 7) is 5.76. The molecule has 146 valence electrons. The molecule has 1 aromatic carbocycles. The highest BCUT2D eigenvalue weighted by Gasteiger charge is 2.32. The van der Waals surface area contributed by atoms with Gasteiger partial charge >= 0.3 is 6.03 Å². The fraction of sp³-hybridized carbons (Fsp3) is 0.263. The molecule has 3 amide bonds. The molecule has 0 atom stereocenters. The Kier molecular flexibility index (Phi) is 4.91. The van der Waals surface area contributed by atoms with Crippen molar-refractivity contribution < 1.29 is 19.2 Å². The van der Waals surface area contributed by atoms with E-state index in [0.717, 1.165) is 21.9 Å². The van der Waals surface area contributed by atoms with Gasteiger partial charge < -0.3 is 14.6 Å². The number of aromatic nitrogens is 1. The van der Waals surface area contributed by atoms with Crippen molar-refractivity contribution in [2.45, 2.75) is 20.8 Å². The molecule has 0 radical (unpaired) electrons. The van der Waals surface area contributed by atoms with Gasteiger partial charge in [0.2, 0.25) is 0 Å². The second-order valence-electron chi connectivity index (χ2n) is 6.31. The van der Waals surface area contributed by atoms with Gasteiger partial charge in [0, 0.05) is 24.0 Å². The van der Waals surface area contributed by atoms with Crippen molar-refractivity contribution in [2.24, 2.45) is 0 Å². The van der Waals surface area contributed by atoms with Crippen LogP contribution in [0.5, 0.6) is 5.75 Å². The lowest BCUT2D eigenvalue weighted by Crippen LogP contribution is -2.30. The molecule has 1 aromatic heterocycles. The van der Waals surface area contributed by atoms with E-state index in [1.165, 1.54) is 19.2 Å². The van der Waals surface area contributed by atoms with Crippen molar-refractivity contribution in [3.63, 3.8) is 0 Å². The van der Waals surface area contributed by atoms with E-state index in [-0.39, 0.29) is 17.3 Å². The molecule has 0 spiro atoms. The first-order valence-corrected chi connectivity index (χ1v) is 8.64. The third kappa shape index (κ3) is 3.11. The summed E-state index contributed by atoms with van der Waals surface area (Å²) in [5, 5.41) is 13.6. The molecule has 1 N–H and O–H groups in total. The third-order valence-corrected chi connectivity index (χ3v) is 4.66. The minimum absolute atomic E-state index is 0.0654. The van der Waals surface area contributed by atoms with E-state index in [1.807, 2.05) is 24.5 Å². The number of ether oxygens (including phenoxy) is 1. The molecule has 28 heavy (non-hydrogen) atoms. The Labute approximate surface area is 161 Å². The first kappa shape index (κ1) is 19.2. The minimum Gasteiger partial charge on any atom is -0.494 e. The van der Waals surface area contributed by atoms with Crippen LogP contribution in [0.1, 0.15) is 23.9 Å². The van der Waals surface area contributed by atoms with Crippen LogP contribution in [-0.4, -0.2) is 40.0 Å². The highest BCUT2D eigenvalue weighted by molar-refractivity contribution is 6.14. The molecule has 3 rings (SSSR count). The Morgan fingerprint density at radius 3 is 2.54 bits per heavy atom. The number of nitrogens with zero attached hydrogens (tertiary/aromatic N) is 3. The van der Waals surface area contributed by atoms with Crippen LogP contribution < -0.4 is 10.1 Å². The van der Waals surface area contributed by atoms with Crippen LogP contribution >= 0.6 is 0 Å². The Morgan fingerprint density at radius 2 is 1.96 bits per heavy atom. The van der Waals surface area contributed by atoms with Gasteiger partial charge in [0.25, 0.3) is 11.6 Å². The molecule has 1 aliphatic heterocycles. The smallest absolute Gasteiger partial charge is 0.328 e. The second-order valence-corrected chi connectivity index (χ2v) is 6.31. The van der Waals surface area contributed by atoms with Crippen molar-refractivity contribution in [3.05, 3.63) is 57.0 Å². The number of nitro benzene ring substituents is 1. The van der Waals surface area contributed by atoms with E-state index in [0.29, 0.717) is 18.0 Å². The highest BCUT2D eigenvalue weighted by atomic mass is 16.6. The number of nitro groups is 1. The molecule has 1 aliphatic rings. The molecule has 0 bridgehead atoms. The Hall–Kier alpha value is -3.62. The number of amides is 3. The van der Waals surface area contributed by atoms with E-state index in [2.05, 4.69) is 5.32 Å². The fourth-order valence-electron chi connectivity index (χ4n) is 3.28. The molecule has 0 saturated carbocycles. The van der Waals surface area contributed by atoms with Crippen LogP contribution in [0.2, 0.25) is 0 Å². The van der Waals surface area contributed by atoms with E-state index < -0.39 is 11.0 Å². The summed E-state index contributed by atoms with van der Waals surface area (Å²) in [6, 6.07) is 5.83. The topological polar surface area (TPSA) is 107 Å². The lowest BCUT2D eigenvalue weighted by molar-refractivity contribution is -0.384. The number of likely N-dealkylation sites (N-methyl/N-ethyl adjacent to an activating group) is 1. The molecule has 2 aromatic rings. The molecule has 0 aliphatic carbocycles. The Balaban J connectivity index is 2.07. The van der Waals surface area contributed by atoms with E-state index in [4.69, 9.17) is 4.74 Å². The number of nitrogens with one attached hydrogen (secondary N) is 1. The summed E-state index contributed by atoms with van der Waals surface area (Å²) in [7, 11) is 1.45. The van der Waals surface area contributed by atoms with Gasteiger partial charge in [0.05, 0.1) is 23.8 Å². The molecule has 9 nitrogen and oxygen atoms in total. The fourth-order valence-corrected chi connectivity index (χ4v) is 3.28. The summed E-state index contributed by atoms with van der Waals surface area (Å²) in [5.74, 6) is -0.0113. The summed E-state index contributed by atoms with van der Waals surface area (Å²) < 4.78 is 7.23. The normalized spacial score (nSPS) is 15.3. The number of hydrogen-bond acceptors (Lipinski definition) is 5. The standard InChI is InChI=1S/C19H20N4O5/c1-5-21-18(24)15(20-19(21)25)9-13-8-11(2)22(12(13)3)16-7-6-14(23(26)27)10-17(16)28-4/h6-10H,5H2,1-4H3,(H,20,25)/b15-9+. The summed E-state index contributed by atoms with van der Waals surface area (Å²) in [5.41, 5.74) is 3.19. The van der Waals surface area contributed by atoms with Crippen molar-refractivity contribution >= 4 is 23.7 Å². The lowest BCUT2D eigenvalue weighted by atomic mass is 10.2. The summed E-state index contributed by atoms with van der Waals surface area (Å²) in [6.07, 6.45) is 1.63. The summed E-state index contributed by atoms with van der Waals surface area (Å²) in [4.78, 5) is 35.8. The van der Waals surface area contributed by atoms with Gasteiger partial charge in [-0.15, -0.1) is 0 Å². The van der Waals surface area contributed by atoms with E-state index in [1.54, 1.807) is 19.1 Å². The van der Waals surface area contributed by atoms with Gasteiger partial charge in [-0.05, 0) is 44.5 Å². The first-order valence-electron chi connectivity index (χ1n) is 8.64. The number of non-ortho nitro benzene ring substituents is 1. The number of carbonyl (C=O) groups is 2. The molecule has 2 heterocycles. The van der Waals surface area contributed by atoms with Crippen molar-refractivity contribution in [3.8, 4) is 11.4 Å². The van der Waals surface area contributed by atoms with Crippen LogP contribution in [0.25, 0.3) is 11.8 Å². The lowest BCUT2D eigenvalue weighted by Gasteiger charge is -2.13. The maximum atomic E-state index is 12.3. The quantitative estimate of drug-likeness (QED) is 0.369. The largest absolute Gasteiger partial charge is 0.494 e. The number of methoxy groups -OCH3 is 1. The zero-order chi connectivity index (χ0) is 20.6. The number of hydrogen-bond donors (Lipinski definition) is 1. The SMILES string of the molecule is CCN1C(=O)N/C(=C/c2cc(C)n(-c3ccc([N+](=O)[O-])cc3OC)c2C)C1=O. The molecular weight excluding hydrogens is 364 g/mol. The van der Waals surface area contributed by atoms with Gasteiger partial charge in [-0.25, -0.2) is 4.79 Å². The number of aryl methyl sites for hydroxylation is 1. The molecule has 1 fully saturated rings. The maximum Gasteiger partial charge on any atom is 0.328 e. The highest BCUT2D eigenvalue weighted by Crippen LogP contribution is 2.32. The zero-order valence-corrected chi connectivity index (χ0v) is 16.0. The predicted octanol–water partition coefficient (Wildman–Crippen LogP) is 2.92. The average molecular weight is 384 g/mol. The molecule has 9 heteroatoms. The van der Waals surface area contributed by atoms with Crippen LogP contribution in [0, 0.1) is 24.0 Å². The zero-order valence-electron chi connectivity index (χ0n) is 16.0. The Bertz CT molecular complexity index is 1020. The van der Waals surface area contributed by atoms with Crippen LogP contribution in [-0.2, 0) is 4.79 Å². The molecule has 1 saturated heterocycles. The predicted molar refractivity (Wildman–Crippen MR) is 102 cm³/mol. The first-order chi connectivity index (χ1) is 13.3. The van der Waals surface area contributed by atoms with Gasteiger partial charge in [-0.3, -0.25) is 19.8 Å². The second kappa shape index (κ2) is 7.18. The average Bonchev–Trinajstić information content (AvgIpc) is 3.09. The molecular formula is C19H20N4O5. The van der Waals surface area contributed by atoms with Crippen LogP contribution in [0.3, 0.4) is 0 Å². The van der Waals surface area contributed by atoms with Gasteiger partial charge in [-0.1, -0.05) is 0 Å².